The highest BCUT2D eigenvalue weighted by Crippen LogP contribution is 2.25. The third-order valence-corrected chi connectivity index (χ3v) is 18.2. The molecule has 9 N–H and O–H groups in total. The number of rotatable bonds is 9. The van der Waals surface area contributed by atoms with Crippen molar-refractivity contribution in [1.29, 1.82) is 0 Å². The molecule has 0 aromatic carbocycles. The molecule has 10 aromatic rings. The van der Waals surface area contributed by atoms with Crippen LogP contribution in [0, 0.1) is 59.2 Å². The summed E-state index contributed by atoms with van der Waals surface area (Å²) in [5.74, 6) is 25.9. The average Bonchev–Trinajstić information content (AvgIpc) is 1.65. The monoisotopic (exact) mass is 1690 g/mol. The largest absolute Gasteiger partial charge is 0.490 e. The third-order valence-electron chi connectivity index (χ3n) is 17.7. The zero-order chi connectivity index (χ0) is 87.3. The molecule has 10 aromatic heterocycles. The molecule has 3 fully saturated rings. The molecule has 13 rings (SSSR count). The Labute approximate surface area is 678 Å². The number of amides is 1. The number of fused-ring (bicyclic) bond motifs is 5. The topological polar surface area (TPSA) is 430 Å². The maximum absolute atomic E-state index is 12.5. The summed E-state index contributed by atoms with van der Waals surface area (Å²) >= 11 is 11.9. The molecular formula is C73H89Cl2F6N26O11+3. The molecule has 0 spiro atoms. The van der Waals surface area contributed by atoms with Crippen molar-refractivity contribution in [3.63, 3.8) is 0 Å². The Morgan fingerprint density at radius 2 is 0.915 bits per heavy atom. The van der Waals surface area contributed by atoms with E-state index < -0.39 is 29.9 Å². The van der Waals surface area contributed by atoms with Crippen molar-refractivity contribution < 1.29 is 69.4 Å². The van der Waals surface area contributed by atoms with Crippen molar-refractivity contribution in [2.45, 2.75) is 144 Å². The molecular weight excluding hydrogens is 1600 g/mol. The molecule has 0 unspecified atom stereocenters. The summed E-state index contributed by atoms with van der Waals surface area (Å²) in [7, 11) is 8.08. The second-order valence-electron chi connectivity index (χ2n) is 26.8. The number of carbonyl (C=O) groups is 3. The molecule has 630 valence electrons. The van der Waals surface area contributed by atoms with Crippen molar-refractivity contribution in [2.75, 3.05) is 67.5 Å². The molecule has 3 aliphatic rings. The van der Waals surface area contributed by atoms with E-state index >= 15 is 0 Å². The van der Waals surface area contributed by atoms with E-state index in [0.717, 1.165) is 68.4 Å². The van der Waals surface area contributed by atoms with Crippen LogP contribution in [-0.4, -0.2) is 198 Å². The van der Waals surface area contributed by atoms with E-state index in [1.54, 1.807) is 102 Å². The number of ether oxygens (including phenoxy) is 1. The Hall–Kier alpha value is -12.8. The van der Waals surface area contributed by atoms with E-state index in [9.17, 15) is 55.1 Å². The Morgan fingerprint density at radius 3 is 1.34 bits per heavy atom. The van der Waals surface area contributed by atoms with Crippen molar-refractivity contribution in [3.8, 4) is 59.2 Å². The fourth-order valence-electron chi connectivity index (χ4n) is 11.6. The number of hydrogen-bond acceptors (Lipinski definition) is 21. The van der Waals surface area contributed by atoms with Gasteiger partial charge in [0, 0.05) is 72.0 Å². The minimum absolute atomic E-state index is 0.107. The number of nitrogens with zero attached hydrogens (tertiary/aromatic N) is 20. The van der Waals surface area contributed by atoms with E-state index in [4.69, 9.17) is 53.5 Å². The SMILES string of the molecule is CC#CC[n+]1c(Cl)[nH]c2c(=O)n(C)ncc21.CC#CC[n+]1c(N2CCN(C(=O)OC(C)(C)C)CC2)[nH]c2c(=O)n(C)ncc21.CC#CC[n+]1c(N2CCNCC2)[nH]c2c(=O)n(C)ncc21.CC#CCn1c(Cl)nc2cnn(C)c(=O)c21.CC#CCn1c(N[C@@H]2CCCC[C@H]2N)nc2cnn(C)c(=O)c21.O=C(O)C(F)(F)F.O=C(O)C(F)(F)F. The van der Waals surface area contributed by atoms with Crippen molar-refractivity contribution in [2.24, 2.45) is 41.0 Å². The molecule has 1 saturated carbocycles. The molecule has 37 nitrogen and oxygen atoms in total. The van der Waals surface area contributed by atoms with Gasteiger partial charge in [0.1, 0.15) is 40.8 Å². The first kappa shape index (κ1) is 92.4. The van der Waals surface area contributed by atoms with E-state index in [1.165, 1.54) is 36.0 Å². The lowest BCUT2D eigenvalue weighted by Crippen LogP contribution is -2.53. The molecule has 118 heavy (non-hydrogen) atoms. The van der Waals surface area contributed by atoms with Gasteiger partial charge in [-0.15, -0.1) is 29.6 Å². The molecule has 2 aliphatic heterocycles. The van der Waals surface area contributed by atoms with Crippen LogP contribution in [0.15, 0.2) is 55.0 Å². The predicted molar refractivity (Wildman–Crippen MR) is 424 cm³/mol. The van der Waals surface area contributed by atoms with Crippen LogP contribution in [-0.2, 0) is 82.3 Å². The van der Waals surface area contributed by atoms with Gasteiger partial charge in [-0.1, -0.05) is 42.4 Å². The molecule has 1 aliphatic carbocycles. The first-order valence-corrected chi connectivity index (χ1v) is 36.9. The maximum atomic E-state index is 12.5. The Bertz CT molecular complexity index is 5950. The van der Waals surface area contributed by atoms with Crippen molar-refractivity contribution in [3.05, 3.63) is 93.3 Å². The first-order valence-electron chi connectivity index (χ1n) is 36.1. The molecule has 2 saturated heterocycles. The number of aromatic amines is 3. The van der Waals surface area contributed by atoms with Crippen molar-refractivity contribution in [1.82, 2.24) is 93.2 Å². The van der Waals surface area contributed by atoms with Gasteiger partial charge in [-0.3, -0.25) is 42.9 Å². The van der Waals surface area contributed by atoms with Crippen LogP contribution in [0.5, 0.6) is 0 Å². The Kier molecular flexibility index (Phi) is 32.3. The van der Waals surface area contributed by atoms with E-state index in [2.05, 4.69) is 130 Å². The lowest BCUT2D eigenvalue weighted by molar-refractivity contribution is -0.656. The number of alkyl halides is 6. The molecule has 0 radical (unpaired) electrons. The second kappa shape index (κ2) is 41.2. The van der Waals surface area contributed by atoms with Gasteiger partial charge in [0.25, 0.3) is 11.1 Å². The summed E-state index contributed by atoms with van der Waals surface area (Å²) in [6.45, 7) is 22.6. The summed E-state index contributed by atoms with van der Waals surface area (Å²) in [5, 5.41) is 41.8. The van der Waals surface area contributed by atoms with Crippen LogP contribution < -0.4 is 67.7 Å². The number of anilines is 3. The highest BCUT2D eigenvalue weighted by Gasteiger charge is 2.40. The van der Waals surface area contributed by atoms with Gasteiger partial charge in [-0.2, -0.15) is 56.4 Å². The molecule has 12 heterocycles. The highest BCUT2D eigenvalue weighted by molar-refractivity contribution is 6.29. The third kappa shape index (κ3) is 23.5. The van der Waals surface area contributed by atoms with Gasteiger partial charge < -0.3 is 36.2 Å². The van der Waals surface area contributed by atoms with Crippen molar-refractivity contribution >= 4 is 114 Å². The van der Waals surface area contributed by atoms with Crippen LogP contribution in [0.3, 0.4) is 0 Å². The lowest BCUT2D eigenvalue weighted by Gasteiger charge is -2.33. The first-order chi connectivity index (χ1) is 55.7. The van der Waals surface area contributed by atoms with Gasteiger partial charge in [0.15, 0.2) is 17.6 Å². The smallest absolute Gasteiger partial charge is 0.475 e. The maximum Gasteiger partial charge on any atom is 0.490 e. The van der Waals surface area contributed by atoms with Crippen LogP contribution >= 0.6 is 23.2 Å². The number of imidazole rings is 5. The van der Waals surface area contributed by atoms with E-state index in [1.807, 2.05) is 41.4 Å². The van der Waals surface area contributed by atoms with Gasteiger partial charge in [0.2, 0.25) is 33.3 Å². The lowest BCUT2D eigenvalue weighted by atomic mass is 9.91. The number of carbonyl (C=O) groups excluding carboxylic acids is 1. The molecule has 45 heteroatoms. The number of halogens is 8. The fourth-order valence-corrected chi connectivity index (χ4v) is 12.1. The predicted octanol–water partition coefficient (Wildman–Crippen LogP) is 2.75. The number of hydrogen-bond donors (Lipinski definition) is 8. The zero-order valence-corrected chi connectivity index (χ0v) is 68.2. The number of aliphatic carboxylic acids is 2. The Morgan fingerprint density at radius 1 is 0.542 bits per heavy atom. The number of aromatic nitrogens is 20. The number of nitrogens with one attached hydrogen (secondary N) is 5. The minimum atomic E-state index is -5.08. The molecule has 1 amide bonds. The summed E-state index contributed by atoms with van der Waals surface area (Å²) in [5.41, 5.74) is 10.5. The number of H-pyrrole nitrogens is 3. The number of carboxylic acid groups (broad SMARTS) is 2. The normalized spacial score (nSPS) is 14.4. The number of aryl methyl sites for hydroxylation is 5. The average molecular weight is 1690 g/mol. The summed E-state index contributed by atoms with van der Waals surface area (Å²) < 4.78 is 84.5. The molecule has 2 atom stereocenters. The highest BCUT2D eigenvalue weighted by atomic mass is 35.5. The van der Waals surface area contributed by atoms with Crippen LogP contribution in [0.4, 0.5) is 49.0 Å². The van der Waals surface area contributed by atoms with Gasteiger partial charge in [-0.05, 0) is 79.8 Å². The number of carboxylic acids is 2. The zero-order valence-electron chi connectivity index (χ0n) is 66.7. The van der Waals surface area contributed by atoms with Gasteiger partial charge >= 0.3 is 64.2 Å². The van der Waals surface area contributed by atoms with Gasteiger partial charge in [-0.25, -0.2) is 71.8 Å². The summed E-state index contributed by atoms with van der Waals surface area (Å²) in [6.07, 6.45) is 1.99. The summed E-state index contributed by atoms with van der Waals surface area (Å²) in [4.78, 5) is 115. The van der Waals surface area contributed by atoms with Gasteiger partial charge in [0.05, 0.1) is 83.3 Å². The summed E-state index contributed by atoms with van der Waals surface area (Å²) in [6, 6.07) is 0.279. The quantitative estimate of drug-likeness (QED) is 0.0585. The minimum Gasteiger partial charge on any atom is -0.475 e. The molecule has 0 bridgehead atoms. The van der Waals surface area contributed by atoms with Crippen LogP contribution in [0.2, 0.25) is 10.6 Å². The Balaban J connectivity index is 0.000000198. The number of nitrogens with two attached hydrogens (primary N) is 1. The standard InChI is InChI=1S/C19H26N6O3.C16H22N6O.C14H18N6O.2C10H9ClN4O.2C2HF3O2/c1-6-7-8-25-14-13-20-22(5)16(26)15(14)21-17(25)23-9-11-24(12-10-23)18(27)28-19(2,3)4;1-3-4-9-22-14-13(10-18-21(2)15(14)23)20-16(22)19-12-8-6-5-7-11(12)17;1-3-4-7-20-11-10-16-18(2)13(21)12(11)17-14(20)19-8-5-15-6-9-19;1-3-4-5-15-7-6-12-14(2)9(16)8(7)13-10(15)11;1-3-4-5-15-8-7(13-10(15)11)6-12-14(2)9(8)16;2*3-2(4,5)1(6)7/h13H,8-12H2,1-5H3;10-12H,5-9,17H2,1-2H3,(H,19,20);10,15H,5-9H2,1-2H3;2*6H,5H2,1-2H3;2*(H,6,7)/p+3/t;11-,12-;;;;;/m.1...../s1. The van der Waals surface area contributed by atoms with Crippen LogP contribution in [0.1, 0.15) is 81.1 Å². The fraction of sp³-hybridized carbons (Fsp3) is 0.479. The van der Waals surface area contributed by atoms with E-state index in [0.29, 0.717) is 114 Å². The second-order valence-corrected chi connectivity index (χ2v) is 27.5. The van der Waals surface area contributed by atoms with E-state index in [-0.39, 0.29) is 51.3 Å². The van der Waals surface area contributed by atoms with Crippen LogP contribution in [0.25, 0.3) is 55.2 Å². The number of piperazine rings is 2.